The fourth-order valence-corrected chi connectivity index (χ4v) is 5.47. The summed E-state index contributed by atoms with van der Waals surface area (Å²) in [7, 11) is -3.84. The van der Waals surface area contributed by atoms with E-state index in [1.54, 1.807) is 42.6 Å². The summed E-state index contributed by atoms with van der Waals surface area (Å²) in [6.07, 6.45) is 7.51. The number of pyridine rings is 2. The molecule has 2 aromatic heterocycles. The van der Waals surface area contributed by atoms with Gasteiger partial charge in [-0.2, -0.15) is 0 Å². The molecule has 0 aliphatic carbocycles. The maximum absolute atomic E-state index is 12.4. The van der Waals surface area contributed by atoms with E-state index in [1.807, 2.05) is 54.6 Å². The van der Waals surface area contributed by atoms with Crippen LogP contribution in [0.4, 0.5) is 0 Å². The zero-order valence-electron chi connectivity index (χ0n) is 20.9. The van der Waals surface area contributed by atoms with Gasteiger partial charge in [-0.15, -0.1) is 11.8 Å². The molecule has 37 heavy (non-hydrogen) atoms. The number of benzene rings is 2. The molecule has 0 radical (unpaired) electrons. The molecular formula is C28H33N5O2S2. The normalized spacial score (nSPS) is 11.0. The fourth-order valence-electron chi connectivity index (χ4n) is 3.66. The standard InChI is InChI=1S/C22H25N3O2S2.C6H8N2/c1-2-28-21-13-19(16-25-15-18-8-10-24-11-9-18)14-22(29(23,26)27)20(21)12-17-6-4-3-5-7-17;7-5-6-1-3-8-4-2-6/h3-11,13-14,25H,2,12,15-16H2,1H3,(H2,23,26,27);1-4H,5,7H2. The van der Waals surface area contributed by atoms with Crippen molar-refractivity contribution in [1.29, 1.82) is 0 Å². The molecule has 0 fully saturated rings. The highest BCUT2D eigenvalue weighted by Crippen LogP contribution is 2.31. The monoisotopic (exact) mass is 535 g/mol. The first-order valence-corrected chi connectivity index (χ1v) is 14.5. The maximum Gasteiger partial charge on any atom is 0.238 e. The van der Waals surface area contributed by atoms with Crippen molar-refractivity contribution in [3.63, 3.8) is 0 Å². The third-order valence-corrected chi connectivity index (χ3v) is 7.39. The summed E-state index contributed by atoms with van der Waals surface area (Å²) in [6, 6.07) is 21.3. The highest BCUT2D eigenvalue weighted by Gasteiger charge is 2.19. The number of rotatable bonds is 10. The second-order valence-corrected chi connectivity index (χ2v) is 11.1. The van der Waals surface area contributed by atoms with E-state index in [4.69, 9.17) is 10.9 Å². The van der Waals surface area contributed by atoms with Gasteiger partial charge in [0, 0.05) is 49.3 Å². The van der Waals surface area contributed by atoms with E-state index in [2.05, 4.69) is 28.3 Å². The van der Waals surface area contributed by atoms with E-state index in [1.165, 1.54) is 0 Å². The first kappa shape index (κ1) is 28.5. The second kappa shape index (κ2) is 14.6. The van der Waals surface area contributed by atoms with Gasteiger partial charge in [-0.3, -0.25) is 9.97 Å². The molecule has 0 amide bonds. The fraction of sp³-hybridized carbons (Fsp3) is 0.214. The molecule has 7 nitrogen and oxygen atoms in total. The number of nitrogens with two attached hydrogens (primary N) is 2. The summed E-state index contributed by atoms with van der Waals surface area (Å²) in [5, 5.41) is 8.96. The molecule has 9 heteroatoms. The van der Waals surface area contributed by atoms with Crippen LogP contribution in [0, 0.1) is 0 Å². The predicted octanol–water partition coefficient (Wildman–Crippen LogP) is 4.26. The lowest BCUT2D eigenvalue weighted by atomic mass is 10.0. The van der Waals surface area contributed by atoms with Gasteiger partial charge in [0.25, 0.3) is 0 Å². The molecule has 4 rings (SSSR count). The summed E-state index contributed by atoms with van der Waals surface area (Å²) < 4.78 is 24.8. The van der Waals surface area contributed by atoms with Crippen molar-refractivity contribution in [3.05, 3.63) is 119 Å². The molecule has 5 N–H and O–H groups in total. The van der Waals surface area contributed by atoms with Crippen LogP contribution in [-0.4, -0.2) is 24.1 Å². The van der Waals surface area contributed by atoms with Crippen LogP contribution in [0.5, 0.6) is 0 Å². The van der Waals surface area contributed by atoms with Gasteiger partial charge in [0.05, 0.1) is 4.90 Å². The molecule has 2 heterocycles. The zero-order chi connectivity index (χ0) is 26.5. The highest BCUT2D eigenvalue weighted by atomic mass is 32.2. The van der Waals surface area contributed by atoms with Crippen molar-refractivity contribution in [2.24, 2.45) is 10.9 Å². The molecule has 194 valence electrons. The average Bonchev–Trinajstić information content (AvgIpc) is 2.91. The zero-order valence-corrected chi connectivity index (χ0v) is 22.5. The third kappa shape index (κ3) is 9.38. The minimum absolute atomic E-state index is 0.209. The second-order valence-electron chi connectivity index (χ2n) is 8.23. The van der Waals surface area contributed by atoms with Crippen LogP contribution >= 0.6 is 11.8 Å². The maximum atomic E-state index is 12.4. The predicted molar refractivity (Wildman–Crippen MR) is 150 cm³/mol. The van der Waals surface area contributed by atoms with Gasteiger partial charge in [0.1, 0.15) is 0 Å². The number of hydrogen-bond donors (Lipinski definition) is 3. The van der Waals surface area contributed by atoms with Crippen LogP contribution in [0.1, 0.15) is 34.7 Å². The third-order valence-electron chi connectivity index (χ3n) is 5.45. The van der Waals surface area contributed by atoms with E-state index >= 15 is 0 Å². The summed E-state index contributed by atoms with van der Waals surface area (Å²) in [4.78, 5) is 9.02. The highest BCUT2D eigenvalue weighted by molar-refractivity contribution is 7.99. The topological polar surface area (TPSA) is 124 Å². The van der Waals surface area contributed by atoms with Crippen LogP contribution in [0.25, 0.3) is 0 Å². The number of nitrogens with zero attached hydrogens (tertiary/aromatic N) is 2. The van der Waals surface area contributed by atoms with Crippen LogP contribution < -0.4 is 16.2 Å². The number of thioether (sulfide) groups is 1. The van der Waals surface area contributed by atoms with Gasteiger partial charge >= 0.3 is 0 Å². The number of primary sulfonamides is 1. The SMILES string of the molecule is CCSc1cc(CNCc2ccncc2)cc(S(N)(=O)=O)c1Cc1ccccc1.NCc1ccncc1. The Morgan fingerprint density at radius 2 is 1.41 bits per heavy atom. The van der Waals surface area contributed by atoms with Gasteiger partial charge in [-0.25, -0.2) is 13.6 Å². The van der Waals surface area contributed by atoms with Crippen LogP contribution in [0.3, 0.4) is 0 Å². The Labute approximate surface area is 223 Å². The summed E-state index contributed by atoms with van der Waals surface area (Å²) >= 11 is 1.64. The lowest BCUT2D eigenvalue weighted by Gasteiger charge is -2.16. The molecule has 4 aromatic rings. The molecule has 2 aromatic carbocycles. The largest absolute Gasteiger partial charge is 0.326 e. The summed E-state index contributed by atoms with van der Waals surface area (Å²) in [6.45, 7) is 3.88. The van der Waals surface area contributed by atoms with E-state index < -0.39 is 10.0 Å². The van der Waals surface area contributed by atoms with Crippen LogP contribution in [0.2, 0.25) is 0 Å². The number of nitrogens with one attached hydrogen (secondary N) is 1. The van der Waals surface area contributed by atoms with E-state index in [0.717, 1.165) is 38.5 Å². The molecule has 0 aliphatic rings. The Balaban J connectivity index is 0.000000405. The smallest absolute Gasteiger partial charge is 0.238 e. The molecule has 0 saturated carbocycles. The van der Waals surface area contributed by atoms with E-state index in [0.29, 0.717) is 26.1 Å². The Hall–Kier alpha value is -3.08. The van der Waals surface area contributed by atoms with Crippen molar-refractivity contribution < 1.29 is 8.42 Å². The van der Waals surface area contributed by atoms with Gasteiger partial charge in [0.15, 0.2) is 0 Å². The van der Waals surface area contributed by atoms with Crippen molar-refractivity contribution in [2.45, 2.75) is 42.8 Å². The lowest BCUT2D eigenvalue weighted by Crippen LogP contribution is -2.18. The van der Waals surface area contributed by atoms with Gasteiger partial charge in [-0.05, 0) is 76.4 Å². The minimum Gasteiger partial charge on any atom is -0.326 e. The molecule has 0 atom stereocenters. The molecular weight excluding hydrogens is 502 g/mol. The first-order chi connectivity index (χ1) is 17.9. The van der Waals surface area contributed by atoms with Gasteiger partial charge in [0.2, 0.25) is 10.0 Å². The van der Waals surface area contributed by atoms with Crippen molar-refractivity contribution in [2.75, 3.05) is 5.75 Å². The minimum atomic E-state index is -3.84. The van der Waals surface area contributed by atoms with Gasteiger partial charge in [-0.1, -0.05) is 37.3 Å². The van der Waals surface area contributed by atoms with E-state index in [-0.39, 0.29) is 4.90 Å². The number of hydrogen-bond acceptors (Lipinski definition) is 7. The quantitative estimate of drug-likeness (QED) is 0.259. The van der Waals surface area contributed by atoms with Gasteiger partial charge < -0.3 is 11.1 Å². The molecule has 0 aliphatic heterocycles. The molecule has 0 unspecified atom stereocenters. The molecule has 0 saturated heterocycles. The Kier molecular flexibility index (Phi) is 11.2. The Morgan fingerprint density at radius 3 is 1.95 bits per heavy atom. The first-order valence-electron chi connectivity index (χ1n) is 11.9. The Bertz CT molecular complexity index is 1340. The number of sulfonamides is 1. The summed E-state index contributed by atoms with van der Waals surface area (Å²) in [5.41, 5.74) is 10.3. The molecule has 0 spiro atoms. The van der Waals surface area contributed by atoms with Crippen molar-refractivity contribution >= 4 is 21.8 Å². The Morgan fingerprint density at radius 1 is 0.811 bits per heavy atom. The number of aromatic nitrogens is 2. The van der Waals surface area contributed by atoms with Crippen molar-refractivity contribution in [1.82, 2.24) is 15.3 Å². The lowest BCUT2D eigenvalue weighted by molar-refractivity contribution is 0.596. The van der Waals surface area contributed by atoms with E-state index in [9.17, 15) is 8.42 Å². The van der Waals surface area contributed by atoms with Crippen LogP contribution in [0.15, 0.2) is 101 Å². The van der Waals surface area contributed by atoms with Crippen molar-refractivity contribution in [3.8, 4) is 0 Å². The van der Waals surface area contributed by atoms with Crippen LogP contribution in [-0.2, 0) is 36.1 Å². The summed E-state index contributed by atoms with van der Waals surface area (Å²) in [5.74, 6) is 0.847. The molecule has 0 bridgehead atoms. The average molecular weight is 536 g/mol.